The van der Waals surface area contributed by atoms with E-state index in [1.165, 1.54) is 4.90 Å². The molecule has 1 aromatic carbocycles. The number of benzene rings is 1. The molecule has 8 atom stereocenters. The van der Waals surface area contributed by atoms with Crippen LogP contribution in [0.4, 0.5) is 5.69 Å². The molecule has 2 bridgehead atoms. The van der Waals surface area contributed by atoms with Gasteiger partial charge in [0.2, 0.25) is 11.8 Å². The Bertz CT molecular complexity index is 979. The second-order valence-corrected chi connectivity index (χ2v) is 10.8. The number of fused-ring (bicyclic) bond motifs is 1. The molecule has 2 amide bonds. The highest BCUT2D eigenvalue weighted by atomic mass is 79.9. The lowest BCUT2D eigenvalue weighted by molar-refractivity contribution is -0.155. The van der Waals surface area contributed by atoms with Crippen molar-refractivity contribution < 1.29 is 29.0 Å². The molecule has 1 spiro atoms. The number of aliphatic hydroxyl groups is 1. The molecule has 0 radical (unpaired) electrons. The summed E-state index contributed by atoms with van der Waals surface area (Å²) in [7, 11) is 0. The summed E-state index contributed by atoms with van der Waals surface area (Å²) in [6.07, 6.45) is 0.485. The smallest absolute Gasteiger partial charge is 0.312 e. The first-order chi connectivity index (χ1) is 16.2. The Morgan fingerprint density at radius 1 is 1.38 bits per heavy atom. The van der Waals surface area contributed by atoms with E-state index in [1.54, 1.807) is 31.2 Å². The van der Waals surface area contributed by atoms with Crippen molar-refractivity contribution >= 4 is 51.0 Å². The molecule has 3 heterocycles. The zero-order valence-electron chi connectivity index (χ0n) is 19.4. The number of aliphatic hydroxyl groups excluding tert-OH is 1. The van der Waals surface area contributed by atoms with E-state index in [2.05, 4.69) is 21.2 Å². The lowest BCUT2D eigenvalue weighted by atomic mass is 9.70. The normalized spacial score (nSPS) is 33.5. The number of hydrogen-bond acceptors (Lipinski definition) is 6. The Hall–Kier alpha value is -1.68. The number of esters is 1. The number of carbonyl (C=O) groups is 3. The number of amides is 2. The van der Waals surface area contributed by atoms with Gasteiger partial charge in [0.15, 0.2) is 0 Å². The highest BCUT2D eigenvalue weighted by molar-refractivity contribution is 9.09. The van der Waals surface area contributed by atoms with Crippen molar-refractivity contribution in [2.24, 2.45) is 17.8 Å². The van der Waals surface area contributed by atoms with E-state index < -0.39 is 47.5 Å². The second kappa shape index (κ2) is 9.76. The summed E-state index contributed by atoms with van der Waals surface area (Å²) in [6.45, 7) is 5.46. The quantitative estimate of drug-likeness (QED) is 0.376. The van der Waals surface area contributed by atoms with Crippen LogP contribution in [0.5, 0.6) is 0 Å². The number of rotatable bonds is 8. The Kier molecular flexibility index (Phi) is 7.29. The van der Waals surface area contributed by atoms with Crippen molar-refractivity contribution in [2.75, 3.05) is 18.5 Å². The number of likely N-dealkylation sites (tertiary alicyclic amines) is 1. The van der Waals surface area contributed by atoms with Crippen molar-refractivity contribution in [1.29, 1.82) is 0 Å². The van der Waals surface area contributed by atoms with Crippen LogP contribution >= 0.6 is 27.5 Å². The number of carbonyl (C=O) groups excluding carboxylic acids is 3. The van der Waals surface area contributed by atoms with Crippen molar-refractivity contribution in [3.05, 3.63) is 29.3 Å². The highest BCUT2D eigenvalue weighted by Crippen LogP contribution is 2.60. The third kappa shape index (κ3) is 3.85. The van der Waals surface area contributed by atoms with Crippen molar-refractivity contribution in [3.8, 4) is 0 Å². The molecular formula is C24H30BrClN2O6. The van der Waals surface area contributed by atoms with E-state index in [9.17, 15) is 19.5 Å². The third-order valence-corrected chi connectivity index (χ3v) is 8.69. The minimum Gasteiger partial charge on any atom is -0.466 e. The Balaban J connectivity index is 1.80. The van der Waals surface area contributed by atoms with Gasteiger partial charge in [0, 0.05) is 4.83 Å². The molecule has 3 saturated heterocycles. The lowest BCUT2D eigenvalue weighted by Gasteiger charge is -2.38. The second-order valence-electron chi connectivity index (χ2n) is 9.27. The summed E-state index contributed by atoms with van der Waals surface area (Å²) in [4.78, 5) is 42.0. The van der Waals surface area contributed by atoms with Gasteiger partial charge in [0.1, 0.15) is 11.6 Å². The summed E-state index contributed by atoms with van der Waals surface area (Å²) in [5.74, 6) is -3.12. The molecule has 0 saturated carbocycles. The fraction of sp³-hybridized carbons (Fsp3) is 0.625. The molecule has 4 rings (SSSR count). The molecular weight excluding hydrogens is 528 g/mol. The van der Waals surface area contributed by atoms with Crippen LogP contribution < -0.4 is 5.32 Å². The van der Waals surface area contributed by atoms with Gasteiger partial charge in [0.25, 0.3) is 0 Å². The maximum Gasteiger partial charge on any atom is 0.312 e. The fourth-order valence-corrected chi connectivity index (χ4v) is 6.94. The van der Waals surface area contributed by atoms with Gasteiger partial charge in [-0.2, -0.15) is 0 Å². The van der Waals surface area contributed by atoms with Crippen LogP contribution in [0, 0.1) is 17.8 Å². The van der Waals surface area contributed by atoms with Gasteiger partial charge in [0.05, 0.1) is 47.9 Å². The molecule has 1 aromatic rings. The van der Waals surface area contributed by atoms with Crippen LogP contribution in [0.25, 0.3) is 0 Å². The molecule has 0 aliphatic carbocycles. The summed E-state index contributed by atoms with van der Waals surface area (Å²) in [6, 6.07) is 5.18. The number of anilines is 1. The van der Waals surface area contributed by atoms with Crippen molar-refractivity contribution in [1.82, 2.24) is 4.90 Å². The number of alkyl halides is 1. The fourth-order valence-electron chi connectivity index (χ4n) is 5.81. The topological polar surface area (TPSA) is 105 Å². The SMILES string of the molecule is CCOC(=O)[C@H]1[C@@H]2OC3(CC2Br)C(C(=O)Nc2ccccc2Cl)N([C@@H](CO)[C@@H](C)CC)C(=O)[C@H]13. The predicted molar refractivity (Wildman–Crippen MR) is 130 cm³/mol. The predicted octanol–water partition coefficient (Wildman–Crippen LogP) is 3.00. The number of hydrogen-bond donors (Lipinski definition) is 2. The van der Waals surface area contributed by atoms with Crippen molar-refractivity contribution in [3.63, 3.8) is 0 Å². The molecule has 10 heteroatoms. The maximum absolute atomic E-state index is 14.0. The molecule has 186 valence electrons. The number of halogens is 2. The highest BCUT2D eigenvalue weighted by Gasteiger charge is 2.77. The summed E-state index contributed by atoms with van der Waals surface area (Å²) in [5, 5.41) is 13.5. The molecule has 2 N–H and O–H groups in total. The van der Waals surface area contributed by atoms with Gasteiger partial charge in [-0.25, -0.2) is 0 Å². The van der Waals surface area contributed by atoms with Gasteiger partial charge in [-0.3, -0.25) is 14.4 Å². The summed E-state index contributed by atoms with van der Waals surface area (Å²) >= 11 is 9.89. The molecule has 3 unspecified atom stereocenters. The first kappa shape index (κ1) is 25.4. The zero-order valence-corrected chi connectivity index (χ0v) is 21.7. The molecule has 3 aliphatic rings. The van der Waals surface area contributed by atoms with Gasteiger partial charge >= 0.3 is 5.97 Å². The van der Waals surface area contributed by atoms with E-state index in [-0.39, 0.29) is 29.9 Å². The van der Waals surface area contributed by atoms with Crippen LogP contribution in [0.1, 0.15) is 33.6 Å². The van der Waals surface area contributed by atoms with E-state index in [0.29, 0.717) is 23.6 Å². The molecule has 34 heavy (non-hydrogen) atoms. The van der Waals surface area contributed by atoms with Gasteiger partial charge < -0.3 is 24.8 Å². The standard InChI is InChI=1S/C24H30BrClN2O6/c1-4-12(3)16(11-29)28-20(21(30)27-15-9-7-6-8-14(15)26)24-10-13(25)19(34-24)17(18(24)22(28)31)23(32)33-5-2/h6-9,12-13,16-20,29H,4-5,10-11H2,1-3H3,(H,27,30)/t12-,13?,16-,17+,18-,19+,20?,24?/m0/s1. The van der Waals surface area contributed by atoms with Crippen LogP contribution in [0.15, 0.2) is 24.3 Å². The first-order valence-corrected chi connectivity index (χ1v) is 13.0. The van der Waals surface area contributed by atoms with E-state index in [1.807, 2.05) is 13.8 Å². The van der Waals surface area contributed by atoms with E-state index >= 15 is 0 Å². The monoisotopic (exact) mass is 556 g/mol. The number of ether oxygens (including phenoxy) is 2. The zero-order chi connectivity index (χ0) is 24.8. The lowest BCUT2D eigenvalue weighted by Crippen LogP contribution is -2.57. The number of nitrogens with one attached hydrogen (secondary N) is 1. The summed E-state index contributed by atoms with van der Waals surface area (Å²) < 4.78 is 11.7. The van der Waals surface area contributed by atoms with Crippen LogP contribution in [-0.4, -0.2) is 69.6 Å². The minimum absolute atomic E-state index is 0.0854. The van der Waals surface area contributed by atoms with Gasteiger partial charge in [-0.05, 0) is 31.4 Å². The average Bonchev–Trinajstić information content (AvgIpc) is 3.39. The van der Waals surface area contributed by atoms with Crippen LogP contribution in [0.2, 0.25) is 5.02 Å². The molecule has 0 aromatic heterocycles. The Morgan fingerprint density at radius 2 is 2.09 bits per heavy atom. The molecule has 8 nitrogen and oxygen atoms in total. The molecule has 3 aliphatic heterocycles. The number of para-hydroxylation sites is 1. The average molecular weight is 558 g/mol. The third-order valence-electron chi connectivity index (χ3n) is 7.51. The van der Waals surface area contributed by atoms with Crippen molar-refractivity contribution in [2.45, 2.75) is 62.2 Å². The van der Waals surface area contributed by atoms with Crippen LogP contribution in [-0.2, 0) is 23.9 Å². The van der Waals surface area contributed by atoms with E-state index in [4.69, 9.17) is 21.1 Å². The summed E-state index contributed by atoms with van der Waals surface area (Å²) in [5.41, 5.74) is -0.810. The van der Waals surface area contributed by atoms with Gasteiger partial charge in [-0.15, -0.1) is 0 Å². The molecule has 3 fully saturated rings. The number of nitrogens with zero attached hydrogens (tertiary/aromatic N) is 1. The minimum atomic E-state index is -1.22. The maximum atomic E-state index is 14.0. The van der Waals surface area contributed by atoms with E-state index in [0.717, 1.165) is 0 Å². The largest absolute Gasteiger partial charge is 0.466 e. The van der Waals surface area contributed by atoms with Gasteiger partial charge in [-0.1, -0.05) is 59.9 Å². The first-order valence-electron chi connectivity index (χ1n) is 11.7. The Morgan fingerprint density at radius 3 is 2.71 bits per heavy atom. The van der Waals surface area contributed by atoms with Crippen LogP contribution in [0.3, 0.4) is 0 Å². The Labute approximate surface area is 212 Å².